The van der Waals surface area contributed by atoms with Crippen LogP contribution in [-0.2, 0) is 12.8 Å². The molecule has 2 aromatic rings. The predicted octanol–water partition coefficient (Wildman–Crippen LogP) is 4.21. The van der Waals surface area contributed by atoms with Crippen LogP contribution in [0.1, 0.15) is 38.8 Å². The second-order valence-corrected chi connectivity index (χ2v) is 7.61. The quantitative estimate of drug-likeness (QED) is 0.760. The maximum absolute atomic E-state index is 9.44. The summed E-state index contributed by atoms with van der Waals surface area (Å²) in [4.78, 5) is 0. The molecule has 2 N–H and O–H groups in total. The Hall–Kier alpha value is -2.36. The standard InChI is InChI=1S/2C10H12O2/c2*1-10(2)6-7-4-3-5-8(11)9(7)12-10/h2*3-5,11H,6H2,1-2H3. The number of fused-ring (bicyclic) bond motifs is 2. The predicted molar refractivity (Wildman–Crippen MR) is 93.0 cm³/mol. The lowest BCUT2D eigenvalue weighted by atomic mass is 10.0. The summed E-state index contributed by atoms with van der Waals surface area (Å²) in [5.41, 5.74) is 1.86. The van der Waals surface area contributed by atoms with Gasteiger partial charge in [-0.3, -0.25) is 0 Å². The Morgan fingerprint density at radius 1 is 0.708 bits per heavy atom. The number of hydrogen-bond donors (Lipinski definition) is 2. The summed E-state index contributed by atoms with van der Waals surface area (Å²) in [5, 5.41) is 18.9. The summed E-state index contributed by atoms with van der Waals surface area (Å²) in [7, 11) is 0. The van der Waals surface area contributed by atoms with Crippen LogP contribution in [0.25, 0.3) is 0 Å². The van der Waals surface area contributed by atoms with Crippen LogP contribution in [0.2, 0.25) is 0 Å². The molecular weight excluding hydrogens is 304 g/mol. The second-order valence-electron chi connectivity index (χ2n) is 7.61. The van der Waals surface area contributed by atoms with Crippen molar-refractivity contribution in [3.63, 3.8) is 0 Å². The summed E-state index contributed by atoms with van der Waals surface area (Å²) in [6.07, 6.45) is 1.74. The van der Waals surface area contributed by atoms with E-state index in [4.69, 9.17) is 9.47 Å². The highest BCUT2D eigenvalue weighted by atomic mass is 16.5. The Bertz CT molecular complexity index is 697. The average molecular weight is 328 g/mol. The van der Waals surface area contributed by atoms with E-state index in [2.05, 4.69) is 0 Å². The molecule has 4 heteroatoms. The van der Waals surface area contributed by atoms with Crippen LogP contribution >= 0.6 is 0 Å². The summed E-state index contributed by atoms with van der Waals surface area (Å²) < 4.78 is 11.2. The van der Waals surface area contributed by atoms with Gasteiger partial charge in [0.1, 0.15) is 11.2 Å². The van der Waals surface area contributed by atoms with Gasteiger partial charge in [0, 0.05) is 24.0 Å². The first-order valence-electron chi connectivity index (χ1n) is 8.17. The largest absolute Gasteiger partial charge is 0.504 e. The monoisotopic (exact) mass is 328 g/mol. The lowest BCUT2D eigenvalue weighted by molar-refractivity contribution is 0.134. The number of phenolic OH excluding ortho intramolecular Hbond substituents is 2. The van der Waals surface area contributed by atoms with Gasteiger partial charge in [-0.25, -0.2) is 0 Å². The van der Waals surface area contributed by atoms with Crippen LogP contribution in [0.5, 0.6) is 23.0 Å². The lowest BCUT2D eigenvalue weighted by Crippen LogP contribution is -2.24. The lowest BCUT2D eigenvalue weighted by Gasteiger charge is -2.17. The fraction of sp³-hybridized carbons (Fsp3) is 0.400. The molecular formula is C20H24O4. The zero-order valence-corrected chi connectivity index (χ0v) is 14.6. The molecule has 0 spiro atoms. The normalized spacial score (nSPS) is 18.5. The van der Waals surface area contributed by atoms with Crippen molar-refractivity contribution < 1.29 is 19.7 Å². The van der Waals surface area contributed by atoms with Crippen LogP contribution in [-0.4, -0.2) is 21.4 Å². The zero-order valence-electron chi connectivity index (χ0n) is 14.6. The minimum Gasteiger partial charge on any atom is -0.504 e. The number of aromatic hydroxyl groups is 2. The molecule has 2 aromatic carbocycles. The molecule has 2 aliphatic heterocycles. The molecule has 0 aromatic heterocycles. The van der Waals surface area contributed by atoms with Crippen molar-refractivity contribution in [2.75, 3.05) is 0 Å². The first kappa shape index (κ1) is 16.5. The molecule has 4 nitrogen and oxygen atoms in total. The van der Waals surface area contributed by atoms with E-state index >= 15 is 0 Å². The number of ether oxygens (including phenoxy) is 2. The number of para-hydroxylation sites is 2. The molecule has 0 radical (unpaired) electrons. The smallest absolute Gasteiger partial charge is 0.165 e. The first-order valence-corrected chi connectivity index (χ1v) is 8.17. The number of benzene rings is 2. The Morgan fingerprint density at radius 2 is 1.08 bits per heavy atom. The summed E-state index contributed by atoms with van der Waals surface area (Å²) in [5.74, 6) is 1.81. The van der Waals surface area contributed by atoms with Crippen molar-refractivity contribution in [3.05, 3.63) is 47.5 Å². The highest BCUT2D eigenvalue weighted by Crippen LogP contribution is 2.41. The minimum absolute atomic E-state index is 0.166. The summed E-state index contributed by atoms with van der Waals surface area (Å²) in [6, 6.07) is 11.0. The molecule has 0 saturated carbocycles. The molecule has 24 heavy (non-hydrogen) atoms. The van der Waals surface area contributed by atoms with E-state index in [9.17, 15) is 10.2 Å². The van der Waals surface area contributed by atoms with Crippen LogP contribution in [0, 0.1) is 0 Å². The van der Waals surface area contributed by atoms with Crippen LogP contribution in [0.15, 0.2) is 36.4 Å². The van der Waals surface area contributed by atoms with Crippen LogP contribution in [0.3, 0.4) is 0 Å². The number of hydrogen-bond acceptors (Lipinski definition) is 4. The molecule has 2 aliphatic rings. The Morgan fingerprint density at radius 3 is 1.42 bits per heavy atom. The van der Waals surface area contributed by atoms with Crippen molar-refractivity contribution >= 4 is 0 Å². The molecule has 2 heterocycles. The van der Waals surface area contributed by atoms with Crippen molar-refractivity contribution in [2.45, 2.75) is 51.7 Å². The van der Waals surface area contributed by atoms with Gasteiger partial charge in [0.05, 0.1) is 0 Å². The van der Waals surface area contributed by atoms with E-state index < -0.39 is 0 Å². The maximum Gasteiger partial charge on any atom is 0.165 e. The third-order valence-electron chi connectivity index (χ3n) is 4.14. The topological polar surface area (TPSA) is 58.9 Å². The van der Waals surface area contributed by atoms with Crippen LogP contribution in [0.4, 0.5) is 0 Å². The third-order valence-corrected chi connectivity index (χ3v) is 4.14. The van der Waals surface area contributed by atoms with E-state index in [0.717, 1.165) is 24.0 Å². The average Bonchev–Trinajstić information content (AvgIpc) is 2.95. The Labute approximate surface area is 142 Å². The highest BCUT2D eigenvalue weighted by Gasteiger charge is 2.32. The number of rotatable bonds is 0. The van der Waals surface area contributed by atoms with Gasteiger partial charge in [-0.2, -0.15) is 0 Å². The van der Waals surface area contributed by atoms with Gasteiger partial charge in [-0.05, 0) is 39.8 Å². The summed E-state index contributed by atoms with van der Waals surface area (Å²) >= 11 is 0. The van der Waals surface area contributed by atoms with Crippen molar-refractivity contribution in [1.29, 1.82) is 0 Å². The zero-order chi connectivity index (χ0) is 17.5. The van der Waals surface area contributed by atoms with Gasteiger partial charge in [0.15, 0.2) is 23.0 Å². The van der Waals surface area contributed by atoms with Gasteiger partial charge in [0.25, 0.3) is 0 Å². The Balaban J connectivity index is 0.000000141. The van der Waals surface area contributed by atoms with E-state index in [1.165, 1.54) is 0 Å². The minimum atomic E-state index is -0.166. The van der Waals surface area contributed by atoms with E-state index in [-0.39, 0.29) is 22.7 Å². The fourth-order valence-corrected chi connectivity index (χ4v) is 3.20. The molecule has 0 unspecified atom stereocenters. The Kier molecular flexibility index (Phi) is 3.86. The molecule has 0 bridgehead atoms. The fourth-order valence-electron chi connectivity index (χ4n) is 3.20. The third kappa shape index (κ3) is 3.28. The SMILES string of the molecule is CC1(C)Cc2cccc(O)c2O1.CC1(C)Cc2cccc(O)c2O1. The highest BCUT2D eigenvalue weighted by molar-refractivity contribution is 5.49. The van der Waals surface area contributed by atoms with Gasteiger partial charge < -0.3 is 19.7 Å². The van der Waals surface area contributed by atoms with E-state index in [1.54, 1.807) is 12.1 Å². The maximum atomic E-state index is 9.44. The summed E-state index contributed by atoms with van der Waals surface area (Å²) in [6.45, 7) is 8.08. The molecule has 0 amide bonds. The van der Waals surface area contributed by atoms with E-state index in [1.807, 2.05) is 52.0 Å². The second kappa shape index (κ2) is 5.62. The van der Waals surface area contributed by atoms with Crippen molar-refractivity contribution in [3.8, 4) is 23.0 Å². The number of phenols is 2. The van der Waals surface area contributed by atoms with Crippen molar-refractivity contribution in [1.82, 2.24) is 0 Å². The van der Waals surface area contributed by atoms with Crippen molar-refractivity contribution in [2.24, 2.45) is 0 Å². The molecule has 0 atom stereocenters. The van der Waals surface area contributed by atoms with Crippen LogP contribution < -0.4 is 9.47 Å². The van der Waals surface area contributed by atoms with Gasteiger partial charge in [-0.1, -0.05) is 24.3 Å². The van der Waals surface area contributed by atoms with E-state index in [0.29, 0.717) is 11.5 Å². The molecule has 128 valence electrons. The molecule has 0 fully saturated rings. The molecule has 4 rings (SSSR count). The van der Waals surface area contributed by atoms with Gasteiger partial charge in [0.2, 0.25) is 0 Å². The first-order chi connectivity index (χ1) is 11.2. The molecule has 0 saturated heterocycles. The van der Waals surface area contributed by atoms with Gasteiger partial charge in [-0.15, -0.1) is 0 Å². The molecule has 0 aliphatic carbocycles. The van der Waals surface area contributed by atoms with Gasteiger partial charge >= 0.3 is 0 Å².